The predicted octanol–water partition coefficient (Wildman–Crippen LogP) is 2.04. The molecule has 0 spiro atoms. The topological polar surface area (TPSA) is 78.9 Å². The molecule has 2 aromatic rings. The first-order valence-corrected chi connectivity index (χ1v) is 7.19. The van der Waals surface area contributed by atoms with Gasteiger partial charge in [0.1, 0.15) is 12.4 Å². The summed E-state index contributed by atoms with van der Waals surface area (Å²) in [6.07, 6.45) is 6.83. The van der Waals surface area contributed by atoms with Gasteiger partial charge < -0.3 is 10.5 Å². The van der Waals surface area contributed by atoms with Crippen LogP contribution in [0.4, 0.5) is 5.82 Å². The average molecular weight is 275 g/mol. The van der Waals surface area contributed by atoms with Crippen molar-refractivity contribution >= 4 is 16.9 Å². The second-order valence-corrected chi connectivity index (χ2v) is 5.74. The Bertz CT molecular complexity index is 609. The smallest absolute Gasteiger partial charge is 0.163 e. The number of anilines is 1. The molecule has 6 heteroatoms. The quantitative estimate of drug-likeness (QED) is 0.927. The van der Waals surface area contributed by atoms with Crippen LogP contribution in [0, 0.1) is 5.92 Å². The summed E-state index contributed by atoms with van der Waals surface area (Å²) < 4.78 is 7.66. The van der Waals surface area contributed by atoms with Crippen molar-refractivity contribution in [1.82, 2.24) is 19.7 Å². The molecule has 2 unspecified atom stereocenters. The fraction of sp³-hybridized carbons (Fsp3) is 0.643. The zero-order valence-corrected chi connectivity index (χ0v) is 12.0. The van der Waals surface area contributed by atoms with Crippen molar-refractivity contribution in [2.45, 2.75) is 45.3 Å². The van der Waals surface area contributed by atoms with Crippen molar-refractivity contribution in [1.29, 1.82) is 0 Å². The number of hydrogen-bond donors (Lipinski definition) is 1. The van der Waals surface area contributed by atoms with Gasteiger partial charge in [-0.2, -0.15) is 5.10 Å². The van der Waals surface area contributed by atoms with E-state index in [1.165, 1.54) is 12.8 Å². The lowest BCUT2D eigenvalue weighted by atomic mass is 9.89. The van der Waals surface area contributed by atoms with Crippen LogP contribution in [-0.4, -0.2) is 25.9 Å². The van der Waals surface area contributed by atoms with E-state index in [0.717, 1.165) is 29.8 Å². The second-order valence-electron chi connectivity index (χ2n) is 5.74. The average Bonchev–Trinajstić information content (AvgIpc) is 2.79. The van der Waals surface area contributed by atoms with Gasteiger partial charge in [0.05, 0.1) is 17.7 Å². The lowest BCUT2D eigenvalue weighted by Crippen LogP contribution is -2.21. The Morgan fingerprint density at radius 2 is 2.25 bits per heavy atom. The molecule has 1 saturated carbocycles. The molecule has 2 heterocycles. The van der Waals surface area contributed by atoms with Crippen LogP contribution in [0.25, 0.3) is 11.0 Å². The van der Waals surface area contributed by atoms with Gasteiger partial charge in [0, 0.05) is 7.05 Å². The third-order valence-corrected chi connectivity index (χ3v) is 4.00. The number of fused-ring (bicyclic) bond motifs is 1. The Morgan fingerprint density at radius 3 is 3.05 bits per heavy atom. The minimum absolute atomic E-state index is 0.325. The van der Waals surface area contributed by atoms with Gasteiger partial charge in [-0.05, 0) is 18.8 Å². The first-order valence-electron chi connectivity index (χ1n) is 7.19. The van der Waals surface area contributed by atoms with Crippen molar-refractivity contribution in [3.63, 3.8) is 0 Å². The molecular formula is C14H21N5O. The van der Waals surface area contributed by atoms with E-state index in [0.29, 0.717) is 24.4 Å². The molecule has 0 aromatic carbocycles. The van der Waals surface area contributed by atoms with Crippen LogP contribution in [0.3, 0.4) is 0 Å². The van der Waals surface area contributed by atoms with E-state index < -0.39 is 0 Å². The van der Waals surface area contributed by atoms with Crippen molar-refractivity contribution < 1.29 is 4.74 Å². The summed E-state index contributed by atoms with van der Waals surface area (Å²) >= 11 is 0. The lowest BCUT2D eigenvalue weighted by molar-refractivity contribution is 0.00176. The molecule has 1 fully saturated rings. The number of aryl methyl sites for hydroxylation is 1. The predicted molar refractivity (Wildman–Crippen MR) is 76.9 cm³/mol. The number of aromatic nitrogens is 4. The molecule has 6 nitrogen and oxygen atoms in total. The molecule has 1 aliphatic carbocycles. The standard InChI is InChI=1S/C14H21N5O/c1-9-4-3-5-10(6-9)20-8-12-17-13(15)11-7-16-19(2)14(11)18-12/h7,9-10H,3-6,8H2,1-2H3,(H2,15,17,18). The van der Waals surface area contributed by atoms with Crippen LogP contribution in [0.2, 0.25) is 0 Å². The minimum atomic E-state index is 0.325. The fourth-order valence-corrected chi connectivity index (χ4v) is 2.88. The van der Waals surface area contributed by atoms with Crippen molar-refractivity contribution in [2.75, 3.05) is 5.73 Å². The third-order valence-electron chi connectivity index (χ3n) is 4.00. The number of ether oxygens (including phenoxy) is 1. The van der Waals surface area contributed by atoms with Gasteiger partial charge in [-0.3, -0.25) is 4.68 Å². The Morgan fingerprint density at radius 1 is 1.40 bits per heavy atom. The Kier molecular flexibility index (Phi) is 3.56. The van der Waals surface area contributed by atoms with Gasteiger partial charge in [-0.1, -0.05) is 19.8 Å². The van der Waals surface area contributed by atoms with Gasteiger partial charge >= 0.3 is 0 Å². The number of nitrogens with zero attached hydrogens (tertiary/aromatic N) is 4. The third kappa shape index (κ3) is 2.60. The first-order chi connectivity index (χ1) is 9.63. The maximum atomic E-state index is 5.95. The Balaban J connectivity index is 1.72. The summed E-state index contributed by atoms with van der Waals surface area (Å²) in [4.78, 5) is 8.79. The summed E-state index contributed by atoms with van der Waals surface area (Å²) in [5, 5.41) is 4.94. The first kappa shape index (κ1) is 13.3. The fourth-order valence-electron chi connectivity index (χ4n) is 2.88. The van der Waals surface area contributed by atoms with E-state index in [1.54, 1.807) is 10.9 Å². The highest BCUT2D eigenvalue weighted by Crippen LogP contribution is 2.26. The number of nitrogen functional groups attached to an aromatic ring is 1. The van der Waals surface area contributed by atoms with Crippen LogP contribution < -0.4 is 5.73 Å². The zero-order valence-electron chi connectivity index (χ0n) is 12.0. The summed E-state index contributed by atoms with van der Waals surface area (Å²) in [5.41, 5.74) is 6.70. The van der Waals surface area contributed by atoms with Crippen molar-refractivity contribution in [3.05, 3.63) is 12.0 Å². The van der Waals surface area contributed by atoms with Crippen molar-refractivity contribution in [2.24, 2.45) is 13.0 Å². The largest absolute Gasteiger partial charge is 0.383 e. The molecule has 2 aromatic heterocycles. The minimum Gasteiger partial charge on any atom is -0.383 e. The zero-order chi connectivity index (χ0) is 14.1. The molecule has 0 radical (unpaired) electrons. The molecule has 1 aliphatic rings. The van der Waals surface area contributed by atoms with Crippen LogP contribution in [0.5, 0.6) is 0 Å². The van der Waals surface area contributed by atoms with Crippen molar-refractivity contribution in [3.8, 4) is 0 Å². The summed E-state index contributed by atoms with van der Waals surface area (Å²) in [6.45, 7) is 2.70. The van der Waals surface area contributed by atoms with E-state index in [1.807, 2.05) is 7.05 Å². The molecule has 0 aliphatic heterocycles. The lowest BCUT2D eigenvalue weighted by Gasteiger charge is -2.26. The maximum Gasteiger partial charge on any atom is 0.163 e. The van der Waals surface area contributed by atoms with E-state index in [4.69, 9.17) is 10.5 Å². The highest BCUT2D eigenvalue weighted by atomic mass is 16.5. The maximum absolute atomic E-state index is 5.95. The van der Waals surface area contributed by atoms with E-state index >= 15 is 0 Å². The van der Waals surface area contributed by atoms with Crippen LogP contribution >= 0.6 is 0 Å². The molecule has 0 bridgehead atoms. The number of nitrogens with two attached hydrogens (primary N) is 1. The number of rotatable bonds is 3. The van der Waals surface area contributed by atoms with E-state index in [2.05, 4.69) is 22.0 Å². The van der Waals surface area contributed by atoms with Gasteiger partial charge in [0.25, 0.3) is 0 Å². The van der Waals surface area contributed by atoms with Gasteiger partial charge in [0.2, 0.25) is 0 Å². The number of hydrogen-bond acceptors (Lipinski definition) is 5. The molecule has 20 heavy (non-hydrogen) atoms. The molecule has 2 atom stereocenters. The summed E-state index contributed by atoms with van der Waals surface area (Å²) in [6, 6.07) is 0. The highest BCUT2D eigenvalue weighted by Gasteiger charge is 2.20. The highest BCUT2D eigenvalue weighted by molar-refractivity contribution is 5.84. The van der Waals surface area contributed by atoms with Gasteiger partial charge in [0.15, 0.2) is 11.5 Å². The monoisotopic (exact) mass is 275 g/mol. The summed E-state index contributed by atoms with van der Waals surface area (Å²) in [7, 11) is 1.85. The van der Waals surface area contributed by atoms with E-state index in [9.17, 15) is 0 Å². The van der Waals surface area contributed by atoms with E-state index in [-0.39, 0.29) is 0 Å². The summed E-state index contributed by atoms with van der Waals surface area (Å²) in [5.74, 6) is 1.86. The molecule has 0 amide bonds. The second kappa shape index (κ2) is 5.36. The molecule has 3 rings (SSSR count). The van der Waals surface area contributed by atoms with Gasteiger partial charge in [-0.25, -0.2) is 9.97 Å². The molecule has 0 saturated heterocycles. The Hall–Kier alpha value is -1.69. The molecule has 108 valence electrons. The van der Waals surface area contributed by atoms with Crippen LogP contribution in [0.1, 0.15) is 38.4 Å². The van der Waals surface area contributed by atoms with Gasteiger partial charge in [-0.15, -0.1) is 0 Å². The normalized spacial score (nSPS) is 23.3. The SMILES string of the molecule is CC1CCCC(OCc2nc(N)c3cnn(C)c3n2)C1. The Labute approximate surface area is 118 Å². The molecule has 2 N–H and O–H groups in total. The molecular weight excluding hydrogens is 254 g/mol. The van der Waals surface area contributed by atoms with Crippen LogP contribution in [0.15, 0.2) is 6.20 Å². The van der Waals surface area contributed by atoms with Crippen LogP contribution in [-0.2, 0) is 18.4 Å².